The molecule has 4 heteroatoms. The van der Waals surface area contributed by atoms with Gasteiger partial charge in [-0.1, -0.05) is 20.8 Å². The Labute approximate surface area is 115 Å². The lowest BCUT2D eigenvalue weighted by Gasteiger charge is -2.23. The highest BCUT2D eigenvalue weighted by Crippen LogP contribution is 2.38. The summed E-state index contributed by atoms with van der Waals surface area (Å²) in [6, 6.07) is 2.91. The summed E-state index contributed by atoms with van der Waals surface area (Å²) in [6.07, 6.45) is 7.88. The van der Waals surface area contributed by atoms with Crippen LogP contribution in [0.4, 0.5) is 0 Å². The van der Waals surface area contributed by atoms with Crippen molar-refractivity contribution in [3.05, 3.63) is 18.2 Å². The Morgan fingerprint density at radius 3 is 3.05 bits per heavy atom. The topological polar surface area (TPSA) is 53.6 Å². The van der Waals surface area contributed by atoms with Crippen LogP contribution in [0.25, 0.3) is 0 Å². The van der Waals surface area contributed by atoms with E-state index in [1.165, 1.54) is 0 Å². The summed E-state index contributed by atoms with van der Waals surface area (Å²) in [4.78, 5) is 4.46. The van der Waals surface area contributed by atoms with Gasteiger partial charge in [-0.15, -0.1) is 0 Å². The first-order chi connectivity index (χ1) is 9.12. The van der Waals surface area contributed by atoms with E-state index in [1.807, 2.05) is 6.20 Å². The highest BCUT2D eigenvalue weighted by atomic mass is 15.1. The lowest BCUT2D eigenvalue weighted by atomic mass is 9.99. The average Bonchev–Trinajstić information content (AvgIpc) is 3.03. The zero-order valence-corrected chi connectivity index (χ0v) is 12.2. The molecule has 19 heavy (non-hydrogen) atoms. The first kappa shape index (κ1) is 14.1. The zero-order valence-electron chi connectivity index (χ0n) is 12.2. The number of nitrogens with one attached hydrogen (secondary N) is 1. The normalized spacial score (nSPS) is 26.8. The van der Waals surface area contributed by atoms with Crippen LogP contribution in [-0.2, 0) is 0 Å². The molecule has 1 heterocycles. The van der Waals surface area contributed by atoms with E-state index >= 15 is 0 Å². The molecule has 2 atom stereocenters. The molecule has 0 bridgehead atoms. The fraction of sp³-hybridized carbons (Fsp3) is 0.733. The lowest BCUT2D eigenvalue weighted by molar-refractivity contribution is 0.395. The zero-order chi connectivity index (χ0) is 13.9. The molecule has 0 aromatic carbocycles. The Morgan fingerprint density at radius 1 is 1.63 bits per heavy atom. The first-order valence-electron chi connectivity index (χ1n) is 7.31. The van der Waals surface area contributed by atoms with E-state index < -0.39 is 0 Å². The van der Waals surface area contributed by atoms with Gasteiger partial charge in [-0.05, 0) is 32.2 Å². The molecule has 1 N–H and O–H groups in total. The molecule has 2 unspecified atom stereocenters. The van der Waals surface area contributed by atoms with Crippen molar-refractivity contribution in [2.75, 3.05) is 6.54 Å². The van der Waals surface area contributed by atoms with Crippen LogP contribution in [-0.4, -0.2) is 21.6 Å². The maximum atomic E-state index is 9.50. The minimum Gasteiger partial charge on any atom is -0.332 e. The molecule has 0 radical (unpaired) electrons. The third-order valence-electron chi connectivity index (χ3n) is 4.02. The summed E-state index contributed by atoms with van der Waals surface area (Å²) in [5.41, 5.74) is -0.334. The van der Waals surface area contributed by atoms with Crippen LogP contribution in [0.1, 0.15) is 64.2 Å². The predicted molar refractivity (Wildman–Crippen MR) is 75.8 cm³/mol. The van der Waals surface area contributed by atoms with Crippen LogP contribution < -0.4 is 5.32 Å². The van der Waals surface area contributed by atoms with Gasteiger partial charge in [-0.25, -0.2) is 4.98 Å². The van der Waals surface area contributed by atoms with Crippen LogP contribution in [0.5, 0.6) is 0 Å². The highest BCUT2D eigenvalue weighted by molar-refractivity contribution is 5.14. The Hall–Kier alpha value is -1.34. The van der Waals surface area contributed by atoms with E-state index in [0.29, 0.717) is 12.0 Å². The van der Waals surface area contributed by atoms with Crippen molar-refractivity contribution in [2.24, 2.45) is 0 Å². The quantitative estimate of drug-likeness (QED) is 0.885. The second-order valence-electron chi connectivity index (χ2n) is 5.86. The van der Waals surface area contributed by atoms with Crippen LogP contribution in [0.3, 0.4) is 0 Å². The van der Waals surface area contributed by atoms with Crippen LogP contribution in [0, 0.1) is 11.3 Å². The van der Waals surface area contributed by atoms with Crippen molar-refractivity contribution >= 4 is 0 Å². The van der Waals surface area contributed by atoms with Crippen molar-refractivity contribution in [2.45, 2.75) is 64.0 Å². The third-order valence-corrected chi connectivity index (χ3v) is 4.02. The number of nitriles is 1. The van der Waals surface area contributed by atoms with Crippen LogP contribution in [0.2, 0.25) is 0 Å². The van der Waals surface area contributed by atoms with Crippen molar-refractivity contribution in [1.29, 1.82) is 5.26 Å². The summed E-state index contributed by atoms with van der Waals surface area (Å²) in [6.45, 7) is 7.39. The summed E-state index contributed by atoms with van der Waals surface area (Å²) in [7, 11) is 0. The lowest BCUT2D eigenvalue weighted by Crippen LogP contribution is -2.42. The van der Waals surface area contributed by atoms with E-state index in [2.05, 4.69) is 47.9 Å². The van der Waals surface area contributed by atoms with Crippen LogP contribution in [0.15, 0.2) is 12.4 Å². The summed E-state index contributed by atoms with van der Waals surface area (Å²) in [5.74, 6) is 1.56. The largest absolute Gasteiger partial charge is 0.332 e. The highest BCUT2D eigenvalue weighted by Gasteiger charge is 2.40. The van der Waals surface area contributed by atoms with E-state index in [4.69, 9.17) is 0 Å². The van der Waals surface area contributed by atoms with Gasteiger partial charge >= 0.3 is 0 Å². The van der Waals surface area contributed by atoms with Crippen molar-refractivity contribution in [3.63, 3.8) is 0 Å². The summed E-state index contributed by atoms with van der Waals surface area (Å²) in [5, 5.41) is 12.9. The second kappa shape index (κ2) is 5.75. The molecule has 1 aliphatic carbocycles. The molecule has 4 nitrogen and oxygen atoms in total. The average molecular weight is 260 g/mol. The Balaban J connectivity index is 2.13. The molecular weight excluding hydrogens is 236 g/mol. The van der Waals surface area contributed by atoms with Gasteiger partial charge in [-0.2, -0.15) is 5.26 Å². The molecule has 1 aromatic rings. The molecule has 1 aromatic heterocycles. The number of hydrogen-bond acceptors (Lipinski definition) is 3. The standard InChI is InChI=1S/C15H24N4/c1-4-7-18-15(11-16)6-5-13(10-15)19-9-8-17-14(19)12(2)3/h8-9,12-13,18H,4-7,10H2,1-3H3. The molecule has 104 valence electrons. The first-order valence-corrected chi connectivity index (χ1v) is 7.31. The minimum atomic E-state index is -0.334. The fourth-order valence-electron chi connectivity index (χ4n) is 3.00. The van der Waals surface area contributed by atoms with Gasteiger partial charge in [0.05, 0.1) is 6.07 Å². The number of rotatable bonds is 5. The molecule has 1 fully saturated rings. The van der Waals surface area contributed by atoms with Gasteiger partial charge in [0.2, 0.25) is 0 Å². The van der Waals surface area contributed by atoms with Crippen molar-refractivity contribution in [1.82, 2.24) is 14.9 Å². The van der Waals surface area contributed by atoms with E-state index in [0.717, 1.165) is 38.1 Å². The maximum Gasteiger partial charge on any atom is 0.111 e. The number of aromatic nitrogens is 2. The molecule has 1 saturated carbocycles. The van der Waals surface area contributed by atoms with Gasteiger partial charge in [0.1, 0.15) is 11.4 Å². The smallest absolute Gasteiger partial charge is 0.111 e. The van der Waals surface area contributed by atoms with Gasteiger partial charge in [0, 0.05) is 24.4 Å². The molecule has 0 aliphatic heterocycles. The van der Waals surface area contributed by atoms with Crippen LogP contribution >= 0.6 is 0 Å². The summed E-state index contributed by atoms with van der Waals surface area (Å²) >= 11 is 0. The van der Waals surface area contributed by atoms with E-state index in [1.54, 1.807) is 0 Å². The number of nitrogens with zero attached hydrogens (tertiary/aromatic N) is 3. The van der Waals surface area contributed by atoms with Crippen molar-refractivity contribution < 1.29 is 0 Å². The third kappa shape index (κ3) is 2.82. The number of hydrogen-bond donors (Lipinski definition) is 1. The van der Waals surface area contributed by atoms with Crippen molar-refractivity contribution in [3.8, 4) is 6.07 Å². The Kier molecular flexibility index (Phi) is 4.26. The fourth-order valence-corrected chi connectivity index (χ4v) is 3.00. The minimum absolute atomic E-state index is 0.334. The molecule has 0 saturated heterocycles. The summed E-state index contributed by atoms with van der Waals surface area (Å²) < 4.78 is 2.28. The maximum absolute atomic E-state index is 9.50. The monoisotopic (exact) mass is 260 g/mol. The molecule has 0 amide bonds. The molecule has 2 rings (SSSR count). The predicted octanol–water partition coefficient (Wildman–Crippen LogP) is 2.99. The van der Waals surface area contributed by atoms with Gasteiger partial charge < -0.3 is 4.57 Å². The van der Waals surface area contributed by atoms with Gasteiger partial charge in [-0.3, -0.25) is 5.32 Å². The molecule has 0 spiro atoms. The SMILES string of the molecule is CCCNC1(C#N)CCC(n2ccnc2C(C)C)C1. The number of imidazole rings is 1. The van der Waals surface area contributed by atoms with Gasteiger partial charge in [0.25, 0.3) is 0 Å². The van der Waals surface area contributed by atoms with E-state index in [9.17, 15) is 5.26 Å². The molecular formula is C15H24N4. The van der Waals surface area contributed by atoms with Gasteiger partial charge in [0.15, 0.2) is 0 Å². The van der Waals surface area contributed by atoms with E-state index in [-0.39, 0.29) is 5.54 Å². The second-order valence-corrected chi connectivity index (χ2v) is 5.86. The Bertz CT molecular complexity index is 457. The Morgan fingerprint density at radius 2 is 2.42 bits per heavy atom. The molecule has 1 aliphatic rings.